The molecular formula is C16H16ClFN2O. The Kier molecular flexibility index (Phi) is 4.48. The van der Waals surface area contributed by atoms with Gasteiger partial charge in [0.2, 0.25) is 0 Å². The largest absolute Gasteiger partial charge is 0.376 e. The van der Waals surface area contributed by atoms with Crippen molar-refractivity contribution in [2.45, 2.75) is 6.92 Å². The van der Waals surface area contributed by atoms with E-state index in [1.807, 2.05) is 25.1 Å². The molecule has 2 aromatic rings. The van der Waals surface area contributed by atoms with E-state index in [9.17, 15) is 9.18 Å². The topological polar surface area (TPSA) is 32.3 Å². The molecule has 0 aromatic heterocycles. The van der Waals surface area contributed by atoms with Crippen molar-refractivity contribution in [3.8, 4) is 0 Å². The van der Waals surface area contributed by atoms with E-state index < -0.39 is 0 Å². The zero-order chi connectivity index (χ0) is 15.6. The molecule has 0 atom stereocenters. The van der Waals surface area contributed by atoms with Crippen LogP contribution in [0.25, 0.3) is 0 Å². The molecule has 3 nitrogen and oxygen atoms in total. The van der Waals surface area contributed by atoms with Crippen LogP contribution >= 0.6 is 11.6 Å². The van der Waals surface area contributed by atoms with Gasteiger partial charge in [-0.3, -0.25) is 4.79 Å². The maximum atomic E-state index is 13.3. The van der Waals surface area contributed by atoms with Crippen LogP contribution in [0.4, 0.5) is 15.8 Å². The van der Waals surface area contributed by atoms with Gasteiger partial charge in [-0.05, 0) is 48.9 Å². The van der Waals surface area contributed by atoms with Gasteiger partial charge in [0.05, 0.1) is 11.4 Å². The van der Waals surface area contributed by atoms with Gasteiger partial charge >= 0.3 is 0 Å². The quantitative estimate of drug-likeness (QED) is 0.925. The van der Waals surface area contributed by atoms with Crippen molar-refractivity contribution < 1.29 is 9.18 Å². The first-order valence-corrected chi connectivity index (χ1v) is 6.80. The monoisotopic (exact) mass is 306 g/mol. The van der Waals surface area contributed by atoms with Crippen LogP contribution in [-0.2, 0) is 0 Å². The number of hydrogen-bond acceptors (Lipinski definition) is 2. The lowest BCUT2D eigenvalue weighted by molar-refractivity contribution is 0.102. The van der Waals surface area contributed by atoms with Crippen LogP contribution in [0.1, 0.15) is 15.9 Å². The molecule has 0 unspecified atom stereocenters. The first kappa shape index (κ1) is 15.3. The van der Waals surface area contributed by atoms with Crippen molar-refractivity contribution in [1.29, 1.82) is 0 Å². The Labute approximate surface area is 128 Å². The number of hydrogen-bond donors (Lipinski definition) is 1. The van der Waals surface area contributed by atoms with E-state index in [1.165, 1.54) is 18.2 Å². The summed E-state index contributed by atoms with van der Waals surface area (Å²) < 4.78 is 13.3. The fraction of sp³-hybridized carbons (Fsp3) is 0.188. The summed E-state index contributed by atoms with van der Waals surface area (Å²) in [6.07, 6.45) is 0. The summed E-state index contributed by atoms with van der Waals surface area (Å²) in [5.41, 5.74) is 2.28. The summed E-state index contributed by atoms with van der Waals surface area (Å²) in [5.74, 6) is -0.633. The number of nitrogens with zero attached hydrogens (tertiary/aromatic N) is 1. The van der Waals surface area contributed by atoms with Crippen molar-refractivity contribution in [3.05, 3.63) is 58.4 Å². The van der Waals surface area contributed by atoms with Gasteiger partial charge < -0.3 is 10.2 Å². The Morgan fingerprint density at radius 1 is 1.19 bits per heavy atom. The molecule has 0 fully saturated rings. The average Bonchev–Trinajstić information content (AvgIpc) is 2.41. The van der Waals surface area contributed by atoms with Crippen molar-refractivity contribution in [1.82, 2.24) is 0 Å². The summed E-state index contributed by atoms with van der Waals surface area (Å²) in [7, 11) is 3.75. The Balaban J connectivity index is 2.30. The molecule has 5 heteroatoms. The molecule has 0 radical (unpaired) electrons. The number of carbonyl (C=O) groups is 1. The highest BCUT2D eigenvalue weighted by Crippen LogP contribution is 2.28. The molecular weight excluding hydrogens is 291 g/mol. The third-order valence-corrected chi connectivity index (χ3v) is 3.34. The molecule has 21 heavy (non-hydrogen) atoms. The third kappa shape index (κ3) is 3.52. The van der Waals surface area contributed by atoms with E-state index in [0.29, 0.717) is 21.8 Å². The molecule has 0 heterocycles. The average molecular weight is 307 g/mol. The number of nitrogens with one attached hydrogen (secondary N) is 1. The van der Waals surface area contributed by atoms with Crippen LogP contribution in [-0.4, -0.2) is 20.0 Å². The number of carbonyl (C=O) groups excluding carboxylic acids is 1. The van der Waals surface area contributed by atoms with E-state index >= 15 is 0 Å². The van der Waals surface area contributed by atoms with Crippen molar-refractivity contribution in [2.75, 3.05) is 24.3 Å². The molecule has 0 aliphatic rings. The minimum absolute atomic E-state index is 0.302. The van der Waals surface area contributed by atoms with Crippen molar-refractivity contribution in [2.24, 2.45) is 0 Å². The molecule has 0 saturated carbocycles. The van der Waals surface area contributed by atoms with Gasteiger partial charge in [-0.1, -0.05) is 11.6 Å². The van der Waals surface area contributed by atoms with Gasteiger partial charge in [-0.2, -0.15) is 0 Å². The summed E-state index contributed by atoms with van der Waals surface area (Å²) in [5, 5.41) is 3.34. The lowest BCUT2D eigenvalue weighted by Gasteiger charge is -2.18. The highest BCUT2D eigenvalue weighted by atomic mass is 35.5. The molecule has 0 aliphatic heterocycles. The maximum absolute atomic E-state index is 13.3. The number of benzene rings is 2. The normalized spacial score (nSPS) is 10.3. The Hall–Kier alpha value is -2.07. The maximum Gasteiger partial charge on any atom is 0.255 e. The Morgan fingerprint density at radius 3 is 2.52 bits per heavy atom. The van der Waals surface area contributed by atoms with Crippen LogP contribution in [0, 0.1) is 12.7 Å². The third-order valence-electron chi connectivity index (χ3n) is 3.11. The van der Waals surface area contributed by atoms with Crippen LogP contribution in [0.5, 0.6) is 0 Å². The second kappa shape index (κ2) is 6.14. The zero-order valence-corrected chi connectivity index (χ0v) is 12.8. The minimum atomic E-state index is -0.330. The lowest BCUT2D eigenvalue weighted by Crippen LogP contribution is -2.17. The summed E-state index contributed by atoms with van der Waals surface area (Å²) >= 11 is 5.98. The van der Waals surface area contributed by atoms with E-state index in [1.54, 1.807) is 19.1 Å². The molecule has 0 saturated heterocycles. The van der Waals surface area contributed by atoms with Crippen LogP contribution in [0.15, 0.2) is 36.4 Å². The van der Waals surface area contributed by atoms with Crippen LogP contribution in [0.2, 0.25) is 5.02 Å². The van der Waals surface area contributed by atoms with E-state index in [4.69, 9.17) is 11.6 Å². The molecule has 1 N–H and O–H groups in total. The second-order valence-corrected chi connectivity index (χ2v) is 5.41. The Bertz CT molecular complexity index is 686. The fourth-order valence-corrected chi connectivity index (χ4v) is 2.15. The second-order valence-electron chi connectivity index (χ2n) is 4.97. The number of amides is 1. The molecule has 0 bridgehead atoms. The van der Waals surface area contributed by atoms with E-state index in [2.05, 4.69) is 5.32 Å². The summed E-state index contributed by atoms with van der Waals surface area (Å²) in [6.45, 7) is 1.62. The zero-order valence-electron chi connectivity index (χ0n) is 12.1. The van der Waals surface area contributed by atoms with Gasteiger partial charge in [-0.15, -0.1) is 0 Å². The van der Waals surface area contributed by atoms with Crippen LogP contribution < -0.4 is 10.2 Å². The molecule has 2 aromatic carbocycles. The molecule has 110 valence electrons. The van der Waals surface area contributed by atoms with Gasteiger partial charge in [0.15, 0.2) is 0 Å². The molecule has 0 aliphatic carbocycles. The van der Waals surface area contributed by atoms with Gasteiger partial charge in [0.1, 0.15) is 5.82 Å². The molecule has 0 spiro atoms. The van der Waals surface area contributed by atoms with Crippen LogP contribution in [0.3, 0.4) is 0 Å². The summed E-state index contributed by atoms with van der Waals surface area (Å²) in [6, 6.07) is 9.53. The Morgan fingerprint density at radius 2 is 1.90 bits per heavy atom. The first-order valence-electron chi connectivity index (χ1n) is 6.43. The predicted octanol–water partition coefficient (Wildman–Crippen LogP) is 4.11. The highest BCUT2D eigenvalue weighted by molar-refractivity contribution is 6.31. The number of rotatable bonds is 3. The number of aryl methyl sites for hydroxylation is 1. The van der Waals surface area contributed by atoms with Gasteiger partial charge in [0.25, 0.3) is 5.91 Å². The van der Waals surface area contributed by atoms with Gasteiger partial charge in [0, 0.05) is 24.7 Å². The SMILES string of the molecule is Cc1cc(C(=O)Nc2cc(Cl)ccc2N(C)C)ccc1F. The van der Waals surface area contributed by atoms with E-state index in [0.717, 1.165) is 5.69 Å². The van der Waals surface area contributed by atoms with Crippen molar-refractivity contribution in [3.63, 3.8) is 0 Å². The molecule has 1 amide bonds. The van der Waals surface area contributed by atoms with Gasteiger partial charge in [-0.25, -0.2) is 4.39 Å². The van der Waals surface area contributed by atoms with Crippen molar-refractivity contribution >= 4 is 28.9 Å². The predicted molar refractivity (Wildman–Crippen MR) is 84.9 cm³/mol. The first-order chi connectivity index (χ1) is 9.88. The smallest absolute Gasteiger partial charge is 0.255 e. The lowest BCUT2D eigenvalue weighted by atomic mass is 10.1. The number of halogens is 2. The standard InChI is InChI=1S/C16H16ClFN2O/c1-10-8-11(4-6-13(10)18)16(21)19-14-9-12(17)5-7-15(14)20(2)3/h4-9H,1-3H3,(H,19,21). The van der Waals surface area contributed by atoms with E-state index in [-0.39, 0.29) is 11.7 Å². The number of anilines is 2. The summed E-state index contributed by atoms with van der Waals surface area (Å²) in [4.78, 5) is 14.1. The molecule has 2 rings (SSSR count). The fourth-order valence-electron chi connectivity index (χ4n) is 1.98. The highest BCUT2D eigenvalue weighted by Gasteiger charge is 2.12. The minimum Gasteiger partial charge on any atom is -0.376 e.